The molecule has 125 valence electrons. The van der Waals surface area contributed by atoms with Crippen LogP contribution in [0.4, 0.5) is 25.2 Å². The molecule has 0 fully saturated rings. The maximum absolute atomic E-state index is 10.7. The van der Waals surface area contributed by atoms with Crippen LogP contribution in [0.5, 0.6) is 0 Å². The summed E-state index contributed by atoms with van der Waals surface area (Å²) in [5, 5.41) is 8.27. The maximum Gasteiger partial charge on any atom is 0.278 e. The molecule has 0 aliphatic carbocycles. The van der Waals surface area contributed by atoms with E-state index in [0.29, 0.717) is 5.56 Å². The molecule has 0 aromatic heterocycles. The molecule has 0 atom stereocenters. The predicted octanol–water partition coefficient (Wildman–Crippen LogP) is 5.09. The fourth-order valence-electron chi connectivity index (χ4n) is 0.697. The molecule has 1 radical (unpaired) electrons. The van der Waals surface area contributed by atoms with Crippen LogP contribution < -0.4 is 0 Å². The summed E-state index contributed by atoms with van der Waals surface area (Å²) >= 11 is 0. The van der Waals surface area contributed by atoms with Gasteiger partial charge in [0.05, 0.1) is 0 Å². The monoisotopic (exact) mass is 374 g/mol. The molecule has 0 spiro atoms. The molecule has 0 saturated carbocycles. The number of aromatic carboxylic acids is 1. The third kappa shape index (κ3) is 24.1. The second kappa shape index (κ2) is 7.10. The van der Waals surface area contributed by atoms with Crippen LogP contribution in [-0.4, -0.2) is 11.1 Å². The molecule has 0 aliphatic heterocycles. The Labute approximate surface area is 126 Å². The molecule has 2 aromatic rings. The molecule has 10 heteroatoms. The van der Waals surface area contributed by atoms with Crippen molar-refractivity contribution in [3.05, 3.63) is 60.2 Å². The van der Waals surface area contributed by atoms with Crippen molar-refractivity contribution in [1.29, 1.82) is 0 Å². The Morgan fingerprint density at radius 3 is 1.48 bits per heavy atom. The normalized spacial score (nSPS) is 13.0. The van der Waals surface area contributed by atoms with Gasteiger partial charge in [-0.3, -0.25) is 4.79 Å². The summed E-state index contributed by atoms with van der Waals surface area (Å²) in [7, 11) is -10.7. The van der Waals surface area contributed by atoms with Gasteiger partial charge >= 0.3 is 33.0 Å². The zero-order valence-electron chi connectivity index (χ0n) is 9.79. The van der Waals surface area contributed by atoms with E-state index in [9.17, 15) is 30.0 Å². The fourth-order valence-corrected chi connectivity index (χ4v) is 0.697. The molecule has 2 nitrogen and oxygen atoms in total. The van der Waals surface area contributed by atoms with Crippen molar-refractivity contribution in [2.24, 2.45) is 0 Å². The SMILES string of the molecule is F[P-](F)(F)(F)(F)F.O=C(O)[c-]1cccc1.[Co].[c-]1[c-][c-][cH-][c-]1. The van der Waals surface area contributed by atoms with Gasteiger partial charge in [0.1, 0.15) is 0 Å². The van der Waals surface area contributed by atoms with Gasteiger partial charge in [-0.1, -0.05) is 5.56 Å². The molecule has 0 aliphatic rings. The fraction of sp³-hybridized carbons (Fsp3) is 0. The zero-order valence-corrected chi connectivity index (χ0v) is 11.7. The second-order valence-electron chi connectivity index (χ2n) is 3.12. The molecule has 21 heavy (non-hydrogen) atoms. The van der Waals surface area contributed by atoms with Gasteiger partial charge in [-0.15, -0.1) is 0 Å². The second-order valence-corrected chi connectivity index (χ2v) is 5.04. The van der Waals surface area contributed by atoms with Gasteiger partial charge in [0.25, 0.3) is 5.97 Å². The zero-order chi connectivity index (χ0) is 15.9. The maximum atomic E-state index is 10.1. The van der Waals surface area contributed by atoms with Gasteiger partial charge in [0.2, 0.25) is 0 Å². The number of hydrogen-bond donors (Lipinski definition) is 1. The average Bonchev–Trinajstić information content (AvgIpc) is 2.90. The van der Waals surface area contributed by atoms with Crippen LogP contribution in [0.25, 0.3) is 0 Å². The molecule has 0 saturated heterocycles. The van der Waals surface area contributed by atoms with E-state index in [4.69, 9.17) is 5.11 Å². The van der Waals surface area contributed by atoms with Crippen molar-refractivity contribution < 1.29 is 51.9 Å². The van der Waals surface area contributed by atoms with Crippen LogP contribution >= 0.6 is 7.81 Å². The van der Waals surface area contributed by atoms with E-state index < -0.39 is 13.8 Å². The Kier molecular flexibility index (Phi) is 7.43. The summed E-state index contributed by atoms with van der Waals surface area (Å²) in [5.74, 6) is -0.866. The van der Waals surface area contributed by atoms with Crippen LogP contribution in [-0.2, 0) is 16.8 Å². The van der Waals surface area contributed by atoms with Gasteiger partial charge in [-0.05, 0) is 0 Å². The van der Waals surface area contributed by atoms with Crippen molar-refractivity contribution in [3.63, 3.8) is 0 Å². The quantitative estimate of drug-likeness (QED) is 0.429. The van der Waals surface area contributed by atoms with Crippen LogP contribution in [0.3, 0.4) is 0 Å². The number of carbonyl (C=O) groups is 1. The van der Waals surface area contributed by atoms with E-state index >= 15 is 0 Å². The van der Waals surface area contributed by atoms with Crippen molar-refractivity contribution in [1.82, 2.24) is 0 Å². The summed E-state index contributed by atoms with van der Waals surface area (Å²) in [6.07, 6.45) is 0. The van der Waals surface area contributed by atoms with Gasteiger partial charge in [-0.25, -0.2) is 12.1 Å². The van der Waals surface area contributed by atoms with Gasteiger partial charge in [0.15, 0.2) is 0 Å². The van der Waals surface area contributed by atoms with E-state index in [2.05, 4.69) is 24.3 Å². The first-order valence-corrected chi connectivity index (χ1v) is 6.62. The van der Waals surface area contributed by atoms with Crippen molar-refractivity contribution in [2.75, 3.05) is 0 Å². The first-order chi connectivity index (χ1) is 8.75. The van der Waals surface area contributed by atoms with Crippen LogP contribution in [0.1, 0.15) is 10.4 Å². The van der Waals surface area contributed by atoms with Gasteiger partial charge in [-0.2, -0.15) is 12.1 Å². The summed E-state index contributed by atoms with van der Waals surface area (Å²) in [6.45, 7) is 0. The molecule has 2 aromatic carbocycles. The molecule has 2 rings (SSSR count). The third-order valence-corrected chi connectivity index (χ3v) is 1.26. The molecule has 0 amide bonds. The van der Waals surface area contributed by atoms with E-state index in [1.54, 1.807) is 30.3 Å². The first-order valence-electron chi connectivity index (χ1n) is 4.60. The summed E-state index contributed by atoms with van der Waals surface area (Å²) in [5.41, 5.74) is 0.352. The Balaban J connectivity index is 0. The number of carboxylic acid groups (broad SMARTS) is 1. The van der Waals surface area contributed by atoms with Gasteiger partial charge < -0.3 is 35.4 Å². The Morgan fingerprint density at radius 1 is 1.00 bits per heavy atom. The predicted molar refractivity (Wildman–Crippen MR) is 59.9 cm³/mol. The number of carboxylic acids is 1. The van der Waals surface area contributed by atoms with E-state index in [0.717, 1.165) is 0 Å². The van der Waals surface area contributed by atoms with Crippen LogP contribution in [0.15, 0.2) is 30.3 Å². The molecule has 0 heterocycles. The Morgan fingerprint density at radius 2 is 1.33 bits per heavy atom. The van der Waals surface area contributed by atoms with Crippen molar-refractivity contribution >= 4 is 13.8 Å². The van der Waals surface area contributed by atoms with Crippen molar-refractivity contribution in [2.45, 2.75) is 0 Å². The minimum Gasteiger partial charge on any atom is -0.999 e. The smallest absolute Gasteiger partial charge is 0.278 e. The summed E-state index contributed by atoms with van der Waals surface area (Å²) in [4.78, 5) is 10.1. The van der Waals surface area contributed by atoms with Crippen LogP contribution in [0.2, 0.25) is 0 Å². The third-order valence-electron chi connectivity index (χ3n) is 1.26. The Bertz CT molecular complexity index is 475. The summed E-state index contributed by atoms with van der Waals surface area (Å²) in [6, 6.07) is 18.5. The molecule has 0 bridgehead atoms. The number of halogens is 6. The summed E-state index contributed by atoms with van der Waals surface area (Å²) < 4.78 is 59.2. The molecule has 0 unspecified atom stereocenters. The standard InChI is InChI=1S/C6H5O2.C5H.Co.F6P/c7-6(8)5-3-1-2-4-5;1-2-4-5-3-1;;1-7(2,3,4,5)6/h1-4H,(H,7,8);1H;;/q-1;-5;;-1. The van der Waals surface area contributed by atoms with Gasteiger partial charge in [0, 0.05) is 16.8 Å². The first kappa shape index (κ1) is 22.0. The van der Waals surface area contributed by atoms with E-state index in [1.165, 1.54) is 0 Å². The molecule has 1 N–H and O–H groups in total. The minimum atomic E-state index is -10.7. The van der Waals surface area contributed by atoms with E-state index in [-0.39, 0.29) is 16.8 Å². The Hall–Kier alpha value is -1.31. The topological polar surface area (TPSA) is 37.3 Å². The van der Waals surface area contributed by atoms with E-state index in [1.807, 2.05) is 0 Å². The number of hydrogen-bond acceptors (Lipinski definition) is 1. The molecular formula is C11H6CoF6O2P-7. The number of rotatable bonds is 1. The average molecular weight is 374 g/mol. The van der Waals surface area contributed by atoms with Crippen LogP contribution in [0, 0.1) is 24.3 Å². The largest absolute Gasteiger partial charge is 0.999 e. The molecular weight excluding hydrogens is 368 g/mol. The van der Waals surface area contributed by atoms with Crippen molar-refractivity contribution in [3.8, 4) is 0 Å². The minimum absolute atomic E-state index is 0.